The fourth-order valence-electron chi connectivity index (χ4n) is 2.74. The summed E-state index contributed by atoms with van der Waals surface area (Å²) in [6, 6.07) is 12.7. The molecule has 2 aliphatic heterocycles. The lowest BCUT2D eigenvalue weighted by atomic mass is 10.0. The van der Waals surface area contributed by atoms with Gasteiger partial charge >= 0.3 is 7.55 Å². The molecule has 0 saturated heterocycles. The molecular formula is C16H8BN2O4. The Hall–Kier alpha value is -3.22. The number of fused-ring (bicyclic) bond motifs is 2. The quantitative estimate of drug-likeness (QED) is 0.615. The molecule has 0 saturated carbocycles. The minimum Gasteiger partial charge on any atom is -0.300 e. The fraction of sp³-hybridized carbons (Fsp3) is 0. The number of rotatable bonds is 2. The van der Waals surface area contributed by atoms with Crippen LogP contribution in [0.5, 0.6) is 0 Å². The molecule has 0 aromatic heterocycles. The average molecular weight is 303 g/mol. The van der Waals surface area contributed by atoms with Gasteiger partial charge in [-0.3, -0.25) is 19.2 Å². The number of hydrogen-bond donors (Lipinski definition) is 0. The molecule has 109 valence electrons. The van der Waals surface area contributed by atoms with Crippen molar-refractivity contribution in [1.82, 2.24) is 9.62 Å². The molecule has 2 heterocycles. The average Bonchev–Trinajstić information content (AvgIpc) is 2.97. The van der Waals surface area contributed by atoms with Crippen LogP contribution in [0.3, 0.4) is 0 Å². The zero-order valence-corrected chi connectivity index (χ0v) is 11.7. The summed E-state index contributed by atoms with van der Waals surface area (Å²) in [4.78, 5) is 50.8. The molecule has 0 atom stereocenters. The molecular weight excluding hydrogens is 295 g/mol. The third-order valence-electron chi connectivity index (χ3n) is 3.88. The summed E-state index contributed by atoms with van der Waals surface area (Å²) >= 11 is 0. The number of hydrogen-bond acceptors (Lipinski definition) is 4. The summed E-state index contributed by atoms with van der Waals surface area (Å²) in [7, 11) is 0.981. The SMILES string of the molecule is O=C1c2ccccc2C(=O)N1[B]N1C(=O)c2ccccc2C1=O. The summed E-state index contributed by atoms with van der Waals surface area (Å²) in [5.41, 5.74) is 1.02. The van der Waals surface area contributed by atoms with Crippen molar-refractivity contribution in [3.63, 3.8) is 0 Å². The van der Waals surface area contributed by atoms with Gasteiger partial charge in [0, 0.05) is 0 Å². The molecule has 2 aliphatic rings. The van der Waals surface area contributed by atoms with Crippen molar-refractivity contribution in [2.75, 3.05) is 0 Å². The van der Waals surface area contributed by atoms with Crippen molar-refractivity contribution >= 4 is 31.2 Å². The highest BCUT2D eigenvalue weighted by atomic mass is 16.2. The molecule has 0 fully saturated rings. The minimum atomic E-state index is -0.554. The van der Waals surface area contributed by atoms with Crippen LogP contribution in [0.1, 0.15) is 41.4 Å². The van der Waals surface area contributed by atoms with Gasteiger partial charge in [0.25, 0.3) is 23.6 Å². The largest absolute Gasteiger partial charge is 0.412 e. The maximum atomic E-state index is 12.3. The fourth-order valence-corrected chi connectivity index (χ4v) is 2.74. The molecule has 0 spiro atoms. The zero-order valence-electron chi connectivity index (χ0n) is 11.7. The van der Waals surface area contributed by atoms with Gasteiger partial charge in [0.05, 0.1) is 22.3 Å². The van der Waals surface area contributed by atoms with Crippen LogP contribution in [-0.2, 0) is 0 Å². The van der Waals surface area contributed by atoms with Gasteiger partial charge in [-0.25, -0.2) is 0 Å². The molecule has 6 nitrogen and oxygen atoms in total. The maximum Gasteiger partial charge on any atom is 0.412 e. The predicted octanol–water partition coefficient (Wildman–Crippen LogP) is 1.11. The highest BCUT2D eigenvalue weighted by Crippen LogP contribution is 2.25. The molecule has 1 radical (unpaired) electrons. The summed E-state index contributed by atoms with van der Waals surface area (Å²) in [5, 5.41) is 0. The normalized spacial score (nSPS) is 16.0. The summed E-state index contributed by atoms with van der Waals surface area (Å²) in [6.07, 6.45) is 0. The molecule has 0 bridgehead atoms. The van der Waals surface area contributed by atoms with E-state index in [-0.39, 0.29) is 22.3 Å². The first-order valence-electron chi connectivity index (χ1n) is 6.88. The van der Waals surface area contributed by atoms with Gasteiger partial charge in [0.1, 0.15) is 0 Å². The second kappa shape index (κ2) is 4.64. The maximum absolute atomic E-state index is 12.3. The first-order chi connectivity index (χ1) is 11.1. The van der Waals surface area contributed by atoms with E-state index in [1.807, 2.05) is 0 Å². The van der Waals surface area contributed by atoms with E-state index >= 15 is 0 Å². The topological polar surface area (TPSA) is 74.8 Å². The highest BCUT2D eigenvalue weighted by Gasteiger charge is 2.43. The molecule has 0 aliphatic carbocycles. The number of imide groups is 2. The van der Waals surface area contributed by atoms with Gasteiger partial charge in [-0.1, -0.05) is 24.3 Å². The third-order valence-corrected chi connectivity index (χ3v) is 3.88. The molecule has 2 aromatic rings. The lowest BCUT2D eigenvalue weighted by Crippen LogP contribution is -2.47. The summed E-state index contributed by atoms with van der Waals surface area (Å²) in [6.45, 7) is 0. The molecule has 7 heteroatoms. The Balaban J connectivity index is 1.66. The van der Waals surface area contributed by atoms with Crippen LogP contribution in [0.2, 0.25) is 0 Å². The molecule has 2 aromatic carbocycles. The van der Waals surface area contributed by atoms with Crippen molar-refractivity contribution in [2.24, 2.45) is 0 Å². The first-order valence-corrected chi connectivity index (χ1v) is 6.88. The van der Waals surface area contributed by atoms with E-state index in [0.717, 1.165) is 17.2 Å². The lowest BCUT2D eigenvalue weighted by Gasteiger charge is -2.18. The molecule has 0 unspecified atom stereocenters. The summed E-state index contributed by atoms with van der Waals surface area (Å²) in [5.74, 6) is -2.21. The lowest BCUT2D eigenvalue weighted by molar-refractivity contribution is 0.0719. The van der Waals surface area contributed by atoms with Crippen LogP contribution < -0.4 is 0 Å². The Morgan fingerprint density at radius 1 is 0.522 bits per heavy atom. The second-order valence-electron chi connectivity index (χ2n) is 5.17. The van der Waals surface area contributed by atoms with E-state index < -0.39 is 23.6 Å². The van der Waals surface area contributed by atoms with E-state index in [4.69, 9.17) is 0 Å². The summed E-state index contributed by atoms with van der Waals surface area (Å²) < 4.78 is 0. The Morgan fingerprint density at radius 3 is 1.04 bits per heavy atom. The van der Waals surface area contributed by atoms with E-state index in [1.165, 1.54) is 24.3 Å². The van der Waals surface area contributed by atoms with Crippen LogP contribution in [0, 0.1) is 0 Å². The van der Waals surface area contributed by atoms with Gasteiger partial charge in [0.2, 0.25) is 0 Å². The van der Waals surface area contributed by atoms with Crippen LogP contribution in [0.4, 0.5) is 0 Å². The first kappa shape index (κ1) is 13.4. The van der Waals surface area contributed by atoms with Crippen molar-refractivity contribution < 1.29 is 19.2 Å². The van der Waals surface area contributed by atoms with Crippen molar-refractivity contribution in [2.45, 2.75) is 0 Å². The number of amides is 4. The molecule has 0 N–H and O–H groups in total. The van der Waals surface area contributed by atoms with Crippen LogP contribution in [0.15, 0.2) is 48.5 Å². The van der Waals surface area contributed by atoms with Crippen LogP contribution in [0.25, 0.3) is 0 Å². The number of nitrogens with zero attached hydrogens (tertiary/aromatic N) is 2. The number of benzene rings is 2. The smallest absolute Gasteiger partial charge is 0.300 e. The molecule has 4 amide bonds. The van der Waals surface area contributed by atoms with Gasteiger partial charge in [-0.15, -0.1) is 0 Å². The van der Waals surface area contributed by atoms with E-state index in [9.17, 15) is 19.2 Å². The number of carbonyl (C=O) groups is 4. The van der Waals surface area contributed by atoms with E-state index in [2.05, 4.69) is 0 Å². The van der Waals surface area contributed by atoms with Crippen molar-refractivity contribution in [3.05, 3.63) is 70.8 Å². The standard InChI is InChI=1S/C16H8BN2O4/c20-13-9-5-1-2-6-10(9)14(21)18(13)17-19-15(22)11-7-3-4-8-12(11)16(19)23/h1-8H. The van der Waals surface area contributed by atoms with Crippen LogP contribution in [-0.4, -0.2) is 40.8 Å². The Labute approximate surface area is 131 Å². The van der Waals surface area contributed by atoms with E-state index in [0.29, 0.717) is 0 Å². The highest BCUT2D eigenvalue weighted by molar-refractivity contribution is 6.54. The van der Waals surface area contributed by atoms with Gasteiger partial charge in [-0.05, 0) is 24.3 Å². The third kappa shape index (κ3) is 1.76. The van der Waals surface area contributed by atoms with E-state index in [1.54, 1.807) is 24.3 Å². The zero-order chi connectivity index (χ0) is 16.1. The Morgan fingerprint density at radius 2 is 0.783 bits per heavy atom. The van der Waals surface area contributed by atoms with Crippen LogP contribution >= 0.6 is 0 Å². The Bertz CT molecular complexity index is 765. The van der Waals surface area contributed by atoms with Crippen molar-refractivity contribution in [1.29, 1.82) is 0 Å². The second-order valence-corrected chi connectivity index (χ2v) is 5.17. The van der Waals surface area contributed by atoms with Crippen molar-refractivity contribution in [3.8, 4) is 0 Å². The predicted molar refractivity (Wildman–Crippen MR) is 79.6 cm³/mol. The molecule has 4 rings (SSSR count). The van der Waals surface area contributed by atoms with Gasteiger partial charge < -0.3 is 9.62 Å². The number of carbonyl (C=O) groups excluding carboxylic acids is 4. The molecule has 23 heavy (non-hydrogen) atoms. The van der Waals surface area contributed by atoms with Gasteiger partial charge in [0.15, 0.2) is 0 Å². The Kier molecular flexibility index (Phi) is 2.71. The van der Waals surface area contributed by atoms with Gasteiger partial charge in [-0.2, -0.15) is 0 Å². The monoisotopic (exact) mass is 303 g/mol. The minimum absolute atomic E-state index is 0.255.